The molecule has 1 aromatic carbocycles. The molecule has 1 atom stereocenters. The van der Waals surface area contributed by atoms with Crippen molar-refractivity contribution in [1.82, 2.24) is 0 Å². The van der Waals surface area contributed by atoms with Gasteiger partial charge in [0.1, 0.15) is 12.1 Å². The van der Waals surface area contributed by atoms with Gasteiger partial charge in [-0.05, 0) is 24.6 Å². The summed E-state index contributed by atoms with van der Waals surface area (Å²) in [6.45, 7) is 1.72. The van der Waals surface area contributed by atoms with Crippen LogP contribution in [0.2, 0.25) is 5.02 Å². The molecule has 0 aliphatic rings. The SMILES string of the molecule is Cc1cc(F)c(C(C=O)CBr)cc1Cl. The average molecular weight is 280 g/mol. The van der Waals surface area contributed by atoms with E-state index in [2.05, 4.69) is 15.9 Å². The second-order valence-electron chi connectivity index (χ2n) is 3.02. The van der Waals surface area contributed by atoms with Crippen LogP contribution in [0, 0.1) is 12.7 Å². The monoisotopic (exact) mass is 278 g/mol. The first-order chi connectivity index (χ1) is 6.60. The van der Waals surface area contributed by atoms with E-state index < -0.39 is 5.92 Å². The fourth-order valence-corrected chi connectivity index (χ4v) is 1.81. The Balaban J connectivity index is 3.20. The summed E-state index contributed by atoms with van der Waals surface area (Å²) in [6.07, 6.45) is 0.707. The number of hydrogen-bond donors (Lipinski definition) is 0. The van der Waals surface area contributed by atoms with Crippen LogP contribution in [0.3, 0.4) is 0 Å². The largest absolute Gasteiger partial charge is 0.303 e. The number of benzene rings is 1. The fourth-order valence-electron chi connectivity index (χ4n) is 1.14. The summed E-state index contributed by atoms with van der Waals surface area (Å²) in [7, 11) is 0. The van der Waals surface area contributed by atoms with Crippen LogP contribution in [0.5, 0.6) is 0 Å². The Hall–Kier alpha value is -0.410. The highest BCUT2D eigenvalue weighted by molar-refractivity contribution is 9.09. The summed E-state index contributed by atoms with van der Waals surface area (Å²) in [5, 5.41) is 0.876. The van der Waals surface area contributed by atoms with E-state index in [1.54, 1.807) is 6.92 Å². The zero-order valence-corrected chi connectivity index (χ0v) is 9.90. The number of hydrogen-bond acceptors (Lipinski definition) is 1. The van der Waals surface area contributed by atoms with Crippen LogP contribution in [0.25, 0.3) is 0 Å². The van der Waals surface area contributed by atoms with Crippen LogP contribution in [0.15, 0.2) is 12.1 Å². The molecule has 0 heterocycles. The predicted octanol–water partition coefficient (Wildman–Crippen LogP) is 3.46. The third-order valence-electron chi connectivity index (χ3n) is 2.01. The van der Waals surface area contributed by atoms with Crippen molar-refractivity contribution in [2.75, 3.05) is 5.33 Å². The maximum Gasteiger partial charge on any atom is 0.128 e. The first-order valence-electron chi connectivity index (χ1n) is 4.07. The standard InChI is InChI=1S/C10H9BrClFO/c1-6-2-10(13)8(3-9(6)12)7(4-11)5-14/h2-3,5,7H,4H2,1H3. The van der Waals surface area contributed by atoms with Crippen molar-refractivity contribution in [3.8, 4) is 0 Å². The molecule has 0 aliphatic carbocycles. The van der Waals surface area contributed by atoms with Crippen molar-refractivity contribution >= 4 is 33.8 Å². The van der Waals surface area contributed by atoms with Crippen LogP contribution in [0.1, 0.15) is 17.0 Å². The molecule has 0 spiro atoms. The van der Waals surface area contributed by atoms with Crippen molar-refractivity contribution in [2.45, 2.75) is 12.8 Å². The van der Waals surface area contributed by atoms with Gasteiger partial charge in [0.05, 0.1) is 5.92 Å². The Labute approximate surface area is 95.4 Å². The lowest BCUT2D eigenvalue weighted by Gasteiger charge is -2.10. The Kier molecular flexibility index (Phi) is 4.08. The highest BCUT2D eigenvalue weighted by atomic mass is 79.9. The summed E-state index contributed by atoms with van der Waals surface area (Å²) >= 11 is 8.99. The van der Waals surface area contributed by atoms with Gasteiger partial charge in [0.15, 0.2) is 0 Å². The van der Waals surface area contributed by atoms with Crippen molar-refractivity contribution in [3.63, 3.8) is 0 Å². The Bertz CT molecular complexity index is 354. The smallest absolute Gasteiger partial charge is 0.128 e. The highest BCUT2D eigenvalue weighted by Gasteiger charge is 2.15. The normalized spacial score (nSPS) is 12.6. The second kappa shape index (κ2) is 4.89. The summed E-state index contributed by atoms with van der Waals surface area (Å²) in [6, 6.07) is 2.85. The van der Waals surface area contributed by atoms with Crippen LogP contribution < -0.4 is 0 Å². The van der Waals surface area contributed by atoms with Crippen molar-refractivity contribution < 1.29 is 9.18 Å². The van der Waals surface area contributed by atoms with E-state index in [1.807, 2.05) is 0 Å². The lowest BCUT2D eigenvalue weighted by Crippen LogP contribution is -2.04. The molecular weight excluding hydrogens is 270 g/mol. The number of aryl methyl sites for hydroxylation is 1. The molecule has 0 N–H and O–H groups in total. The van der Waals surface area contributed by atoms with Crippen LogP contribution in [0.4, 0.5) is 4.39 Å². The minimum absolute atomic E-state index is 0.340. The van der Waals surface area contributed by atoms with Gasteiger partial charge in [-0.3, -0.25) is 0 Å². The van der Waals surface area contributed by atoms with Crippen molar-refractivity contribution in [3.05, 3.63) is 34.1 Å². The van der Waals surface area contributed by atoms with Gasteiger partial charge in [-0.25, -0.2) is 4.39 Å². The predicted molar refractivity (Wildman–Crippen MR) is 58.7 cm³/mol. The molecule has 0 aromatic heterocycles. The number of carbonyl (C=O) groups excluding carboxylic acids is 1. The molecule has 1 unspecified atom stereocenters. The molecule has 0 amide bonds. The number of alkyl halides is 1. The highest BCUT2D eigenvalue weighted by Crippen LogP contribution is 2.25. The van der Waals surface area contributed by atoms with Gasteiger partial charge in [-0.15, -0.1) is 0 Å². The van der Waals surface area contributed by atoms with Gasteiger partial charge in [0.25, 0.3) is 0 Å². The summed E-state index contributed by atoms with van der Waals surface area (Å²) in [4.78, 5) is 10.6. The summed E-state index contributed by atoms with van der Waals surface area (Å²) in [5.41, 5.74) is 1.01. The molecular formula is C10H9BrClFO. The number of carbonyl (C=O) groups is 1. The molecule has 0 aliphatic heterocycles. The molecule has 0 bridgehead atoms. The van der Waals surface area contributed by atoms with Crippen molar-refractivity contribution in [1.29, 1.82) is 0 Å². The van der Waals surface area contributed by atoms with Crippen LogP contribution >= 0.6 is 27.5 Å². The molecule has 0 saturated carbocycles. The lowest BCUT2D eigenvalue weighted by molar-refractivity contribution is -0.108. The maximum atomic E-state index is 13.4. The van der Waals surface area contributed by atoms with Gasteiger partial charge >= 0.3 is 0 Å². The van der Waals surface area contributed by atoms with Gasteiger partial charge < -0.3 is 4.79 Å². The Morgan fingerprint density at radius 2 is 2.29 bits per heavy atom. The zero-order valence-electron chi connectivity index (χ0n) is 7.56. The van der Waals surface area contributed by atoms with E-state index in [0.29, 0.717) is 27.8 Å². The minimum atomic E-state index is -0.479. The Morgan fingerprint density at radius 3 is 2.79 bits per heavy atom. The molecule has 1 nitrogen and oxygen atoms in total. The number of aldehydes is 1. The third-order valence-corrected chi connectivity index (χ3v) is 3.11. The molecule has 1 aromatic rings. The van der Waals surface area contributed by atoms with Gasteiger partial charge in [-0.2, -0.15) is 0 Å². The maximum absolute atomic E-state index is 13.4. The lowest BCUT2D eigenvalue weighted by atomic mass is 10.0. The summed E-state index contributed by atoms with van der Waals surface area (Å²) in [5.74, 6) is -0.864. The molecule has 0 radical (unpaired) electrons. The number of halogens is 3. The van der Waals surface area contributed by atoms with E-state index in [4.69, 9.17) is 11.6 Å². The van der Waals surface area contributed by atoms with E-state index in [-0.39, 0.29) is 5.82 Å². The van der Waals surface area contributed by atoms with Crippen LogP contribution in [-0.2, 0) is 4.79 Å². The molecule has 1 rings (SSSR count). The quantitative estimate of drug-likeness (QED) is 0.612. The van der Waals surface area contributed by atoms with Crippen LogP contribution in [-0.4, -0.2) is 11.6 Å². The van der Waals surface area contributed by atoms with Crippen molar-refractivity contribution in [2.24, 2.45) is 0 Å². The number of rotatable bonds is 3. The fraction of sp³-hybridized carbons (Fsp3) is 0.300. The Morgan fingerprint density at radius 1 is 1.64 bits per heavy atom. The van der Waals surface area contributed by atoms with Gasteiger partial charge in [0, 0.05) is 15.9 Å². The van der Waals surface area contributed by atoms with E-state index in [9.17, 15) is 9.18 Å². The topological polar surface area (TPSA) is 17.1 Å². The first kappa shape index (κ1) is 11.7. The molecule has 0 fully saturated rings. The van der Waals surface area contributed by atoms with E-state index in [1.165, 1.54) is 12.1 Å². The van der Waals surface area contributed by atoms with E-state index in [0.717, 1.165) is 0 Å². The second-order valence-corrected chi connectivity index (χ2v) is 4.07. The average Bonchev–Trinajstić information content (AvgIpc) is 2.15. The third kappa shape index (κ3) is 2.34. The molecule has 14 heavy (non-hydrogen) atoms. The zero-order chi connectivity index (χ0) is 10.7. The minimum Gasteiger partial charge on any atom is -0.303 e. The summed E-state index contributed by atoms with van der Waals surface area (Å²) < 4.78 is 13.4. The molecule has 0 saturated heterocycles. The molecule has 76 valence electrons. The molecule has 4 heteroatoms. The van der Waals surface area contributed by atoms with Gasteiger partial charge in [-0.1, -0.05) is 27.5 Å². The van der Waals surface area contributed by atoms with Gasteiger partial charge in [0.2, 0.25) is 0 Å². The first-order valence-corrected chi connectivity index (χ1v) is 5.57. The van der Waals surface area contributed by atoms with E-state index >= 15 is 0 Å².